The number of carboxylic acids is 1. The number of ether oxygens (including phenoxy) is 1. The highest BCUT2D eigenvalue weighted by Crippen LogP contribution is 2.09. The van der Waals surface area contributed by atoms with Gasteiger partial charge in [0.25, 0.3) is 0 Å². The van der Waals surface area contributed by atoms with Gasteiger partial charge in [-0.25, -0.2) is 14.0 Å². The molecule has 34 heavy (non-hydrogen) atoms. The fraction of sp³-hybridized carbons (Fsp3) is 0.192. The Hall–Kier alpha value is -4.20. The molecule has 0 saturated carbocycles. The molecule has 3 aromatic rings. The largest absolute Gasteiger partial charge is 0.480 e. The SMILES string of the molecule is O=C(N[C@@H](Cc1ccc(F)cc1)C(=O)N[C@@H](Cc1ccccc1)C(=O)O)OCc1ccccc1. The van der Waals surface area contributed by atoms with E-state index in [0.717, 1.165) is 11.1 Å². The Morgan fingerprint density at radius 2 is 1.26 bits per heavy atom. The van der Waals surface area contributed by atoms with Crippen LogP contribution < -0.4 is 10.6 Å². The number of aliphatic carboxylic acids is 1. The van der Waals surface area contributed by atoms with Gasteiger partial charge in [0, 0.05) is 12.8 Å². The molecular weight excluding hydrogens is 439 g/mol. The highest BCUT2D eigenvalue weighted by molar-refractivity contribution is 5.89. The molecule has 0 aliphatic heterocycles. The topological polar surface area (TPSA) is 105 Å². The van der Waals surface area contributed by atoms with Gasteiger partial charge in [-0.2, -0.15) is 0 Å². The molecule has 0 bridgehead atoms. The molecule has 0 unspecified atom stereocenters. The van der Waals surface area contributed by atoms with Crippen LogP contribution in [0.4, 0.5) is 9.18 Å². The van der Waals surface area contributed by atoms with Gasteiger partial charge in [-0.05, 0) is 28.8 Å². The predicted octanol–water partition coefficient (Wildman–Crippen LogP) is 3.48. The summed E-state index contributed by atoms with van der Waals surface area (Å²) < 4.78 is 18.5. The lowest BCUT2D eigenvalue weighted by Crippen LogP contribution is -2.53. The van der Waals surface area contributed by atoms with Crippen molar-refractivity contribution < 1.29 is 28.6 Å². The standard InChI is InChI=1S/C26H25FN2O5/c27-21-13-11-19(12-14-21)15-22(29-26(33)34-17-20-9-5-2-6-10-20)24(30)28-23(25(31)32)16-18-7-3-1-4-8-18/h1-14,22-23H,15-17H2,(H,28,30)(H,29,33)(H,31,32)/t22-,23-/m0/s1. The maximum atomic E-state index is 13.3. The zero-order valence-corrected chi connectivity index (χ0v) is 18.3. The zero-order chi connectivity index (χ0) is 24.3. The fourth-order valence-electron chi connectivity index (χ4n) is 3.29. The van der Waals surface area contributed by atoms with Crippen molar-refractivity contribution in [1.29, 1.82) is 0 Å². The second-order valence-electron chi connectivity index (χ2n) is 7.68. The Bertz CT molecular complexity index is 1090. The van der Waals surface area contributed by atoms with E-state index in [-0.39, 0.29) is 19.4 Å². The third-order valence-corrected chi connectivity index (χ3v) is 5.07. The van der Waals surface area contributed by atoms with E-state index >= 15 is 0 Å². The second-order valence-corrected chi connectivity index (χ2v) is 7.68. The zero-order valence-electron chi connectivity index (χ0n) is 18.3. The molecule has 0 heterocycles. The maximum absolute atomic E-state index is 13.3. The van der Waals surface area contributed by atoms with E-state index in [4.69, 9.17) is 4.74 Å². The van der Waals surface area contributed by atoms with Crippen molar-refractivity contribution >= 4 is 18.0 Å². The quantitative estimate of drug-likeness (QED) is 0.426. The van der Waals surface area contributed by atoms with E-state index in [0.29, 0.717) is 5.56 Å². The molecule has 0 fully saturated rings. The van der Waals surface area contributed by atoms with Crippen molar-refractivity contribution in [2.75, 3.05) is 0 Å². The van der Waals surface area contributed by atoms with Crippen molar-refractivity contribution in [2.24, 2.45) is 0 Å². The number of carboxylic acid groups (broad SMARTS) is 1. The molecule has 3 N–H and O–H groups in total. The Kier molecular flexibility index (Phi) is 8.73. The molecule has 3 aromatic carbocycles. The highest BCUT2D eigenvalue weighted by Gasteiger charge is 2.27. The average Bonchev–Trinajstić information content (AvgIpc) is 2.84. The summed E-state index contributed by atoms with van der Waals surface area (Å²) in [6, 6.07) is 21.0. The van der Waals surface area contributed by atoms with Crippen molar-refractivity contribution in [3.8, 4) is 0 Å². The predicted molar refractivity (Wildman–Crippen MR) is 123 cm³/mol. The number of amides is 2. The first-order valence-electron chi connectivity index (χ1n) is 10.7. The summed E-state index contributed by atoms with van der Waals surface area (Å²) in [4.78, 5) is 37.2. The van der Waals surface area contributed by atoms with E-state index < -0.39 is 35.9 Å². The van der Waals surface area contributed by atoms with Crippen LogP contribution in [0.3, 0.4) is 0 Å². The van der Waals surface area contributed by atoms with Gasteiger partial charge < -0.3 is 20.5 Å². The van der Waals surface area contributed by atoms with Gasteiger partial charge in [-0.3, -0.25) is 4.79 Å². The number of benzene rings is 3. The van der Waals surface area contributed by atoms with Gasteiger partial charge in [0.1, 0.15) is 24.5 Å². The highest BCUT2D eigenvalue weighted by atomic mass is 19.1. The molecule has 7 nitrogen and oxygen atoms in total. The Morgan fingerprint density at radius 1 is 0.735 bits per heavy atom. The van der Waals surface area contributed by atoms with E-state index in [2.05, 4.69) is 10.6 Å². The van der Waals surface area contributed by atoms with Crippen LogP contribution in [0.1, 0.15) is 16.7 Å². The molecule has 2 amide bonds. The number of rotatable bonds is 10. The van der Waals surface area contributed by atoms with Crippen LogP contribution >= 0.6 is 0 Å². The smallest absolute Gasteiger partial charge is 0.408 e. The van der Waals surface area contributed by atoms with Gasteiger partial charge in [0.2, 0.25) is 5.91 Å². The van der Waals surface area contributed by atoms with Crippen LogP contribution in [0.2, 0.25) is 0 Å². The molecule has 0 aliphatic rings. The molecule has 2 atom stereocenters. The molecule has 176 valence electrons. The van der Waals surface area contributed by atoms with Crippen molar-refractivity contribution in [3.63, 3.8) is 0 Å². The minimum absolute atomic E-state index is 0.00329. The van der Waals surface area contributed by atoms with Crippen molar-refractivity contribution in [2.45, 2.75) is 31.5 Å². The van der Waals surface area contributed by atoms with Gasteiger partial charge >= 0.3 is 12.1 Å². The normalized spacial score (nSPS) is 12.3. The number of carbonyl (C=O) groups excluding carboxylic acids is 2. The van der Waals surface area contributed by atoms with E-state index in [9.17, 15) is 23.9 Å². The minimum Gasteiger partial charge on any atom is -0.480 e. The molecule has 0 saturated heterocycles. The summed E-state index contributed by atoms with van der Waals surface area (Å²) in [5, 5.41) is 14.6. The number of halogens is 1. The van der Waals surface area contributed by atoms with Gasteiger partial charge in [0.15, 0.2) is 0 Å². The van der Waals surface area contributed by atoms with Crippen LogP contribution in [-0.4, -0.2) is 35.2 Å². The first-order valence-corrected chi connectivity index (χ1v) is 10.7. The molecule has 0 aliphatic carbocycles. The van der Waals surface area contributed by atoms with Gasteiger partial charge in [0.05, 0.1) is 0 Å². The molecule has 0 radical (unpaired) electrons. The molecule has 8 heteroatoms. The maximum Gasteiger partial charge on any atom is 0.408 e. The number of nitrogens with one attached hydrogen (secondary N) is 2. The van der Waals surface area contributed by atoms with E-state index in [1.54, 1.807) is 48.5 Å². The molecule has 0 spiro atoms. The summed E-state index contributed by atoms with van der Waals surface area (Å²) in [5.41, 5.74) is 2.09. The number of carbonyl (C=O) groups is 3. The molecule has 3 rings (SSSR count). The summed E-state index contributed by atoms with van der Waals surface area (Å²) in [6.45, 7) is 0.00329. The van der Waals surface area contributed by atoms with Gasteiger partial charge in [-0.1, -0.05) is 72.8 Å². The average molecular weight is 464 g/mol. The Morgan fingerprint density at radius 3 is 1.85 bits per heavy atom. The Labute approximate surface area is 196 Å². The summed E-state index contributed by atoms with van der Waals surface area (Å²) in [6.07, 6.45) is -0.741. The number of hydrogen-bond donors (Lipinski definition) is 3. The monoisotopic (exact) mass is 464 g/mol. The lowest BCUT2D eigenvalue weighted by atomic mass is 10.0. The third kappa shape index (κ3) is 7.74. The fourth-order valence-corrected chi connectivity index (χ4v) is 3.29. The summed E-state index contributed by atoms with van der Waals surface area (Å²) >= 11 is 0. The molecular formula is C26H25FN2O5. The van der Waals surface area contributed by atoms with E-state index in [1.165, 1.54) is 24.3 Å². The minimum atomic E-state index is -1.20. The van der Waals surface area contributed by atoms with Crippen LogP contribution in [-0.2, 0) is 33.8 Å². The van der Waals surface area contributed by atoms with Gasteiger partial charge in [-0.15, -0.1) is 0 Å². The van der Waals surface area contributed by atoms with Crippen molar-refractivity contribution in [1.82, 2.24) is 10.6 Å². The first-order chi connectivity index (χ1) is 16.4. The molecule has 0 aromatic heterocycles. The summed E-state index contributed by atoms with van der Waals surface area (Å²) in [7, 11) is 0. The summed E-state index contributed by atoms with van der Waals surface area (Å²) in [5.74, 6) is -2.33. The van der Waals surface area contributed by atoms with Crippen LogP contribution in [0.5, 0.6) is 0 Å². The third-order valence-electron chi connectivity index (χ3n) is 5.07. The number of alkyl carbamates (subject to hydrolysis) is 1. The van der Waals surface area contributed by atoms with Crippen molar-refractivity contribution in [3.05, 3.63) is 107 Å². The lowest BCUT2D eigenvalue weighted by molar-refractivity contribution is -0.142. The van der Waals surface area contributed by atoms with E-state index in [1.807, 2.05) is 12.1 Å². The number of hydrogen-bond acceptors (Lipinski definition) is 4. The Balaban J connectivity index is 1.70. The van der Waals surface area contributed by atoms with Crippen LogP contribution in [0, 0.1) is 5.82 Å². The van der Waals surface area contributed by atoms with Crippen LogP contribution in [0.15, 0.2) is 84.9 Å². The van der Waals surface area contributed by atoms with Crippen LogP contribution in [0.25, 0.3) is 0 Å². The second kappa shape index (κ2) is 12.2. The first kappa shape index (κ1) is 24.4. The lowest BCUT2D eigenvalue weighted by Gasteiger charge is -2.21.